The van der Waals surface area contributed by atoms with Crippen molar-refractivity contribution in [2.24, 2.45) is 0 Å². The molecule has 0 saturated carbocycles. The van der Waals surface area contributed by atoms with Crippen LogP contribution < -0.4 is 11.2 Å². The number of aliphatic hydroxyl groups excluding tert-OH is 2. The minimum Gasteiger partial charge on any atom is -0.393 e. The molecule has 1 aromatic rings. The predicted molar refractivity (Wildman–Crippen MR) is 107 cm³/mol. The Kier molecular flexibility index (Phi) is 9.23. The van der Waals surface area contributed by atoms with Crippen molar-refractivity contribution >= 4 is 19.2 Å². The van der Waals surface area contributed by atoms with Crippen LogP contribution in [0.25, 0.3) is 0 Å². The molecule has 1 aliphatic heterocycles. The predicted octanol–water partition coefficient (Wildman–Crippen LogP) is 1.58. The molecular weight excluding hydrogens is 446 g/mol. The molecule has 1 aromatic heterocycles. The van der Waals surface area contributed by atoms with E-state index in [9.17, 15) is 28.8 Å². The standard InChI is InChI=1S/C17H27ClFN2O8P/c1-3-27-30(26,28-4-2)6-5-10(22)7-13(23)15-12(19)8-14(29-15)21-9-11(18)16(24)20-17(21)25/h9-10,12-15,22-23H,3-8H2,1-2H3,(H,20,24,25)/t10?,12-,13?,14+,15-/m0/s1. The monoisotopic (exact) mass is 472 g/mol. The number of alkyl halides is 1. The largest absolute Gasteiger partial charge is 0.393 e. The number of rotatable bonds is 11. The van der Waals surface area contributed by atoms with E-state index in [1.807, 2.05) is 4.98 Å². The molecule has 1 saturated heterocycles. The highest BCUT2D eigenvalue weighted by Gasteiger charge is 2.41. The second-order valence-electron chi connectivity index (χ2n) is 6.87. The fraction of sp³-hybridized carbons (Fsp3) is 0.765. The molecule has 13 heteroatoms. The highest BCUT2D eigenvalue weighted by molar-refractivity contribution is 7.53. The molecule has 1 aliphatic rings. The van der Waals surface area contributed by atoms with Gasteiger partial charge in [0.05, 0.1) is 31.6 Å². The highest BCUT2D eigenvalue weighted by Crippen LogP contribution is 2.48. The first-order valence-corrected chi connectivity index (χ1v) is 11.8. The van der Waals surface area contributed by atoms with E-state index in [0.717, 1.165) is 10.8 Å². The lowest BCUT2D eigenvalue weighted by Gasteiger charge is -2.24. The summed E-state index contributed by atoms with van der Waals surface area (Å²) in [5.74, 6) is 0. The van der Waals surface area contributed by atoms with Gasteiger partial charge in [0.15, 0.2) is 0 Å². The van der Waals surface area contributed by atoms with Crippen LogP contribution in [-0.4, -0.2) is 63.6 Å². The van der Waals surface area contributed by atoms with Crippen molar-refractivity contribution in [3.63, 3.8) is 0 Å². The first kappa shape index (κ1) is 25.2. The quantitative estimate of drug-likeness (QED) is 0.412. The third-order valence-corrected chi connectivity index (χ3v) is 6.99. The van der Waals surface area contributed by atoms with Gasteiger partial charge in [-0.1, -0.05) is 11.6 Å². The SMILES string of the molecule is CCOP(=O)(CCC(O)CC(O)[C@H]1O[C@@H](n2cc(Cl)c(=O)[nH]c2=O)C[C@@H]1F)OCC. The van der Waals surface area contributed by atoms with E-state index in [1.165, 1.54) is 0 Å². The van der Waals surface area contributed by atoms with Gasteiger partial charge in [-0.05, 0) is 20.3 Å². The van der Waals surface area contributed by atoms with E-state index >= 15 is 0 Å². The minimum atomic E-state index is -3.34. The van der Waals surface area contributed by atoms with Crippen LogP contribution in [0, 0.1) is 0 Å². The Morgan fingerprint density at radius 1 is 1.37 bits per heavy atom. The maximum Gasteiger partial charge on any atom is 0.330 e. The van der Waals surface area contributed by atoms with Crippen molar-refractivity contribution in [1.29, 1.82) is 0 Å². The van der Waals surface area contributed by atoms with Crippen LogP contribution in [0.1, 0.15) is 39.3 Å². The van der Waals surface area contributed by atoms with Gasteiger partial charge >= 0.3 is 13.3 Å². The topological polar surface area (TPSA) is 140 Å². The van der Waals surface area contributed by atoms with Gasteiger partial charge in [0.1, 0.15) is 23.5 Å². The number of aromatic amines is 1. The zero-order valence-electron chi connectivity index (χ0n) is 16.7. The summed E-state index contributed by atoms with van der Waals surface area (Å²) in [6.07, 6.45) is -5.96. The summed E-state index contributed by atoms with van der Waals surface area (Å²) in [6.45, 7) is 3.71. The van der Waals surface area contributed by atoms with Crippen LogP contribution in [0.4, 0.5) is 4.39 Å². The van der Waals surface area contributed by atoms with Gasteiger partial charge in [-0.2, -0.15) is 0 Å². The second-order valence-corrected chi connectivity index (χ2v) is 9.46. The number of ether oxygens (including phenoxy) is 1. The molecule has 172 valence electrons. The van der Waals surface area contributed by atoms with Crippen LogP contribution in [-0.2, 0) is 18.3 Å². The molecule has 10 nitrogen and oxygen atoms in total. The van der Waals surface area contributed by atoms with E-state index in [1.54, 1.807) is 13.8 Å². The zero-order valence-corrected chi connectivity index (χ0v) is 18.4. The van der Waals surface area contributed by atoms with Gasteiger partial charge in [-0.15, -0.1) is 0 Å². The maximum absolute atomic E-state index is 14.4. The molecular formula is C17H27ClFN2O8P. The number of H-pyrrole nitrogens is 1. The van der Waals surface area contributed by atoms with Crippen molar-refractivity contribution in [3.05, 3.63) is 32.1 Å². The van der Waals surface area contributed by atoms with E-state index in [0.29, 0.717) is 0 Å². The molecule has 0 spiro atoms. The summed E-state index contributed by atoms with van der Waals surface area (Å²) >= 11 is 5.71. The Morgan fingerprint density at radius 3 is 2.60 bits per heavy atom. The van der Waals surface area contributed by atoms with Crippen LogP contribution in [0.5, 0.6) is 0 Å². The van der Waals surface area contributed by atoms with Crippen LogP contribution in [0.15, 0.2) is 15.8 Å². The van der Waals surface area contributed by atoms with Gasteiger partial charge in [-0.3, -0.25) is 18.9 Å². The lowest BCUT2D eigenvalue weighted by atomic mass is 10.0. The van der Waals surface area contributed by atoms with Crippen molar-refractivity contribution in [3.8, 4) is 0 Å². The number of halogens is 2. The third kappa shape index (κ3) is 6.46. The molecule has 0 bridgehead atoms. The zero-order chi connectivity index (χ0) is 22.5. The molecule has 0 radical (unpaired) electrons. The number of nitrogens with one attached hydrogen (secondary N) is 1. The molecule has 1 fully saturated rings. The molecule has 5 atom stereocenters. The van der Waals surface area contributed by atoms with Gasteiger partial charge in [0, 0.05) is 19.0 Å². The second kappa shape index (κ2) is 11.0. The molecule has 3 N–H and O–H groups in total. The number of aliphatic hydroxyl groups is 2. The molecule has 0 aromatic carbocycles. The van der Waals surface area contributed by atoms with Crippen molar-refractivity contribution in [2.75, 3.05) is 19.4 Å². The Morgan fingerprint density at radius 2 is 2.00 bits per heavy atom. The molecule has 2 rings (SSSR count). The van der Waals surface area contributed by atoms with Crippen LogP contribution >= 0.6 is 19.2 Å². The van der Waals surface area contributed by atoms with E-state index in [2.05, 4.69) is 0 Å². The Labute approximate surface area is 177 Å². The summed E-state index contributed by atoms with van der Waals surface area (Å²) in [5, 5.41) is 20.2. The summed E-state index contributed by atoms with van der Waals surface area (Å²) in [5.41, 5.74) is -1.59. The highest BCUT2D eigenvalue weighted by atomic mass is 35.5. The molecule has 30 heavy (non-hydrogen) atoms. The average Bonchev–Trinajstić information content (AvgIpc) is 3.05. The Hall–Kier alpha value is -1.07. The van der Waals surface area contributed by atoms with Crippen LogP contribution in [0.2, 0.25) is 5.02 Å². The number of nitrogens with zero attached hydrogens (tertiary/aromatic N) is 1. The average molecular weight is 473 g/mol. The van der Waals surface area contributed by atoms with Gasteiger partial charge in [-0.25, -0.2) is 9.18 Å². The van der Waals surface area contributed by atoms with Crippen molar-refractivity contribution < 1.29 is 33.0 Å². The first-order valence-electron chi connectivity index (χ1n) is 9.65. The van der Waals surface area contributed by atoms with Crippen LogP contribution in [0.3, 0.4) is 0 Å². The smallest absolute Gasteiger partial charge is 0.330 e. The maximum atomic E-state index is 14.4. The van der Waals surface area contributed by atoms with Crippen molar-refractivity contribution in [1.82, 2.24) is 9.55 Å². The summed E-state index contributed by atoms with van der Waals surface area (Å²) < 4.78 is 43.6. The van der Waals surface area contributed by atoms with E-state index < -0.39 is 49.6 Å². The first-order chi connectivity index (χ1) is 14.1. The molecule has 2 unspecified atom stereocenters. The normalized spacial score (nSPS) is 24.1. The molecule has 0 aliphatic carbocycles. The van der Waals surface area contributed by atoms with Gasteiger partial charge in [0.25, 0.3) is 5.56 Å². The number of aromatic nitrogens is 2. The van der Waals surface area contributed by atoms with E-state index in [-0.39, 0.29) is 43.7 Å². The summed E-state index contributed by atoms with van der Waals surface area (Å²) in [6, 6.07) is 0. The van der Waals surface area contributed by atoms with Crippen molar-refractivity contribution in [2.45, 2.75) is 63.8 Å². The molecule has 0 amide bonds. The van der Waals surface area contributed by atoms with E-state index in [4.69, 9.17) is 25.4 Å². The Bertz CT molecular complexity index is 855. The fourth-order valence-electron chi connectivity index (χ4n) is 3.23. The third-order valence-electron chi connectivity index (χ3n) is 4.61. The fourth-order valence-corrected chi connectivity index (χ4v) is 5.12. The lowest BCUT2D eigenvalue weighted by Crippen LogP contribution is -2.36. The minimum absolute atomic E-state index is 0.0103. The summed E-state index contributed by atoms with van der Waals surface area (Å²) in [4.78, 5) is 25.3. The lowest BCUT2D eigenvalue weighted by molar-refractivity contribution is -0.0850. The van der Waals surface area contributed by atoms with Gasteiger partial charge in [0.2, 0.25) is 0 Å². The molecule has 2 heterocycles. The number of hydrogen-bond donors (Lipinski definition) is 3. The summed E-state index contributed by atoms with van der Waals surface area (Å²) in [7, 11) is -3.34. The van der Waals surface area contributed by atoms with Gasteiger partial charge < -0.3 is 24.0 Å². The number of hydrogen-bond acceptors (Lipinski definition) is 8. The Balaban J connectivity index is 1.96.